The Bertz CT molecular complexity index is 766. The van der Waals surface area contributed by atoms with Crippen LogP contribution in [0.2, 0.25) is 0 Å². The Morgan fingerprint density at radius 3 is 2.81 bits per heavy atom. The molecule has 6 heteroatoms. The van der Waals surface area contributed by atoms with Gasteiger partial charge in [-0.05, 0) is 38.1 Å². The van der Waals surface area contributed by atoms with Gasteiger partial charge in [-0.25, -0.2) is 8.42 Å². The fraction of sp³-hybridized carbons (Fsp3) is 0.400. The molecule has 1 saturated heterocycles. The zero-order valence-corrected chi connectivity index (χ0v) is 13.0. The number of pyridine rings is 1. The topological polar surface area (TPSA) is 62.3 Å². The van der Waals surface area contributed by atoms with Crippen molar-refractivity contribution in [1.29, 1.82) is 0 Å². The van der Waals surface area contributed by atoms with Gasteiger partial charge in [0.1, 0.15) is 0 Å². The highest BCUT2D eigenvalue weighted by molar-refractivity contribution is 7.89. The second kappa shape index (κ2) is 5.05. The molecule has 1 fully saturated rings. The monoisotopic (exact) mass is 305 g/mol. The molecule has 112 valence electrons. The molecule has 0 unspecified atom stereocenters. The Morgan fingerprint density at radius 2 is 2.05 bits per heavy atom. The molecule has 2 heterocycles. The lowest BCUT2D eigenvalue weighted by Gasteiger charge is -2.41. The van der Waals surface area contributed by atoms with E-state index in [4.69, 9.17) is 0 Å². The summed E-state index contributed by atoms with van der Waals surface area (Å²) in [6.07, 6.45) is 1.67. The number of piperazine rings is 1. The number of aromatic nitrogens is 1. The lowest BCUT2D eigenvalue weighted by Crippen LogP contribution is -2.59. The number of fused-ring (bicyclic) bond motifs is 1. The third-order valence-electron chi connectivity index (χ3n) is 3.90. The average molecular weight is 305 g/mol. The van der Waals surface area contributed by atoms with Crippen LogP contribution in [0.3, 0.4) is 0 Å². The first-order valence-corrected chi connectivity index (χ1v) is 8.44. The van der Waals surface area contributed by atoms with Gasteiger partial charge in [0.25, 0.3) is 0 Å². The van der Waals surface area contributed by atoms with Crippen molar-refractivity contribution in [2.45, 2.75) is 24.3 Å². The minimum absolute atomic E-state index is 0.336. The summed E-state index contributed by atoms with van der Waals surface area (Å²) >= 11 is 0. The van der Waals surface area contributed by atoms with Crippen LogP contribution >= 0.6 is 0 Å². The van der Waals surface area contributed by atoms with Gasteiger partial charge in [-0.1, -0.05) is 6.07 Å². The van der Waals surface area contributed by atoms with Crippen molar-refractivity contribution in [2.75, 3.05) is 19.6 Å². The van der Waals surface area contributed by atoms with Gasteiger partial charge in [0.15, 0.2) is 0 Å². The first-order chi connectivity index (χ1) is 9.93. The Labute approximate surface area is 125 Å². The van der Waals surface area contributed by atoms with Crippen LogP contribution in [0.5, 0.6) is 0 Å². The van der Waals surface area contributed by atoms with E-state index in [2.05, 4.69) is 10.3 Å². The molecular formula is C15H19N3O2S. The number of benzene rings is 1. The zero-order chi connectivity index (χ0) is 15.1. The SMILES string of the molecule is CC1(C)CNCCN1S(=O)(=O)c1cccc2ncccc12. The van der Waals surface area contributed by atoms with Crippen LogP contribution in [0, 0.1) is 0 Å². The van der Waals surface area contributed by atoms with Gasteiger partial charge in [-0.2, -0.15) is 4.31 Å². The van der Waals surface area contributed by atoms with Crippen molar-refractivity contribution in [3.63, 3.8) is 0 Å². The molecule has 1 aliphatic heterocycles. The van der Waals surface area contributed by atoms with Gasteiger partial charge in [0.2, 0.25) is 10.0 Å². The minimum atomic E-state index is -3.54. The van der Waals surface area contributed by atoms with Crippen LogP contribution in [0.15, 0.2) is 41.4 Å². The van der Waals surface area contributed by atoms with E-state index in [9.17, 15) is 8.42 Å². The van der Waals surface area contributed by atoms with Gasteiger partial charge < -0.3 is 5.32 Å². The molecule has 1 aromatic heterocycles. The van der Waals surface area contributed by atoms with Crippen LogP contribution in [-0.2, 0) is 10.0 Å². The normalized spacial score (nSPS) is 19.7. The highest BCUT2D eigenvalue weighted by atomic mass is 32.2. The van der Waals surface area contributed by atoms with E-state index in [1.54, 1.807) is 28.7 Å². The van der Waals surface area contributed by atoms with E-state index in [-0.39, 0.29) is 0 Å². The quantitative estimate of drug-likeness (QED) is 0.915. The minimum Gasteiger partial charge on any atom is -0.314 e. The summed E-state index contributed by atoms with van der Waals surface area (Å²) in [6, 6.07) is 8.82. The Morgan fingerprint density at radius 1 is 1.24 bits per heavy atom. The van der Waals surface area contributed by atoms with Crippen LogP contribution in [0.4, 0.5) is 0 Å². The van der Waals surface area contributed by atoms with Gasteiger partial charge in [-0.3, -0.25) is 4.98 Å². The van der Waals surface area contributed by atoms with Crippen molar-refractivity contribution in [3.05, 3.63) is 36.5 Å². The average Bonchev–Trinajstić information content (AvgIpc) is 2.46. The number of hydrogen-bond donors (Lipinski definition) is 1. The molecule has 21 heavy (non-hydrogen) atoms. The van der Waals surface area contributed by atoms with Crippen LogP contribution in [-0.4, -0.2) is 42.9 Å². The predicted octanol–water partition coefficient (Wildman–Crippen LogP) is 1.61. The molecule has 5 nitrogen and oxygen atoms in total. The largest absolute Gasteiger partial charge is 0.314 e. The van der Waals surface area contributed by atoms with E-state index in [1.807, 2.05) is 26.0 Å². The highest BCUT2D eigenvalue weighted by Gasteiger charge is 2.39. The molecular weight excluding hydrogens is 286 g/mol. The summed E-state index contributed by atoms with van der Waals surface area (Å²) in [7, 11) is -3.54. The maximum absolute atomic E-state index is 13.1. The van der Waals surface area contributed by atoms with Crippen molar-refractivity contribution in [2.24, 2.45) is 0 Å². The van der Waals surface area contributed by atoms with Gasteiger partial charge in [0, 0.05) is 36.8 Å². The Kier molecular flexibility index (Phi) is 3.47. The molecule has 1 aliphatic rings. The summed E-state index contributed by atoms with van der Waals surface area (Å²) in [5.74, 6) is 0. The molecule has 0 bridgehead atoms. The lowest BCUT2D eigenvalue weighted by atomic mass is 10.0. The second-order valence-electron chi connectivity index (χ2n) is 5.89. The number of nitrogens with zero attached hydrogens (tertiary/aromatic N) is 2. The fourth-order valence-electron chi connectivity index (χ4n) is 2.83. The van der Waals surface area contributed by atoms with Crippen molar-refractivity contribution >= 4 is 20.9 Å². The van der Waals surface area contributed by atoms with Gasteiger partial charge in [-0.15, -0.1) is 0 Å². The zero-order valence-electron chi connectivity index (χ0n) is 12.2. The Hall–Kier alpha value is -1.50. The molecule has 1 N–H and O–H groups in total. The summed E-state index contributed by atoms with van der Waals surface area (Å²) < 4.78 is 27.8. The lowest BCUT2D eigenvalue weighted by molar-refractivity contribution is 0.186. The Balaban J connectivity index is 2.17. The summed E-state index contributed by atoms with van der Waals surface area (Å²) in [5, 5.41) is 3.92. The molecule has 0 aliphatic carbocycles. The fourth-order valence-corrected chi connectivity index (χ4v) is 4.82. The molecule has 1 aromatic carbocycles. The number of nitrogens with one attached hydrogen (secondary N) is 1. The molecule has 2 aromatic rings. The van der Waals surface area contributed by atoms with Crippen LogP contribution in [0.25, 0.3) is 10.9 Å². The van der Waals surface area contributed by atoms with E-state index in [0.29, 0.717) is 35.4 Å². The van der Waals surface area contributed by atoms with Gasteiger partial charge >= 0.3 is 0 Å². The van der Waals surface area contributed by atoms with Crippen LogP contribution < -0.4 is 5.32 Å². The molecule has 0 spiro atoms. The molecule has 0 saturated carbocycles. The summed E-state index contributed by atoms with van der Waals surface area (Å²) in [4.78, 5) is 4.58. The van der Waals surface area contributed by atoms with E-state index in [0.717, 1.165) is 0 Å². The predicted molar refractivity (Wildman–Crippen MR) is 82.6 cm³/mol. The first-order valence-electron chi connectivity index (χ1n) is 7.00. The maximum Gasteiger partial charge on any atom is 0.244 e. The summed E-state index contributed by atoms with van der Waals surface area (Å²) in [5.41, 5.74) is 0.257. The highest BCUT2D eigenvalue weighted by Crippen LogP contribution is 2.29. The number of hydrogen-bond acceptors (Lipinski definition) is 4. The van der Waals surface area contributed by atoms with Crippen molar-refractivity contribution in [1.82, 2.24) is 14.6 Å². The standard InChI is InChI=1S/C15H19N3O2S/c1-15(2)11-16-9-10-18(15)21(19,20)14-7-3-6-13-12(14)5-4-8-17-13/h3-8,16H,9-11H2,1-2H3. The smallest absolute Gasteiger partial charge is 0.244 e. The van der Waals surface area contributed by atoms with E-state index >= 15 is 0 Å². The van der Waals surface area contributed by atoms with E-state index in [1.165, 1.54) is 0 Å². The third kappa shape index (κ3) is 2.43. The number of sulfonamides is 1. The third-order valence-corrected chi connectivity index (χ3v) is 6.07. The molecule has 0 radical (unpaired) electrons. The molecule has 3 rings (SSSR count). The maximum atomic E-state index is 13.1. The van der Waals surface area contributed by atoms with E-state index < -0.39 is 15.6 Å². The first kappa shape index (κ1) is 14.4. The van der Waals surface area contributed by atoms with Gasteiger partial charge in [0.05, 0.1) is 10.4 Å². The van der Waals surface area contributed by atoms with Crippen LogP contribution in [0.1, 0.15) is 13.8 Å². The van der Waals surface area contributed by atoms with Crippen molar-refractivity contribution in [3.8, 4) is 0 Å². The summed E-state index contributed by atoms with van der Waals surface area (Å²) in [6.45, 7) is 5.69. The second-order valence-corrected chi connectivity index (χ2v) is 7.72. The molecule has 0 amide bonds. The molecule has 0 atom stereocenters. The number of rotatable bonds is 2. The van der Waals surface area contributed by atoms with Crippen molar-refractivity contribution < 1.29 is 8.42 Å².